The molecule has 6 heteroatoms. The summed E-state index contributed by atoms with van der Waals surface area (Å²) >= 11 is 0. The molecule has 1 aromatic carbocycles. The fourth-order valence-electron chi connectivity index (χ4n) is 1.29. The van der Waals surface area contributed by atoms with E-state index in [0.717, 1.165) is 0 Å². The van der Waals surface area contributed by atoms with Gasteiger partial charge in [-0.2, -0.15) is 0 Å². The van der Waals surface area contributed by atoms with Crippen molar-refractivity contribution in [2.24, 2.45) is 0 Å². The van der Waals surface area contributed by atoms with Gasteiger partial charge in [0.25, 0.3) is 0 Å². The minimum atomic E-state index is -1.17. The van der Waals surface area contributed by atoms with Crippen molar-refractivity contribution in [2.45, 2.75) is 19.1 Å². The van der Waals surface area contributed by atoms with Gasteiger partial charge in [-0.3, -0.25) is 9.00 Å². The second-order valence-electron chi connectivity index (χ2n) is 4.08. The van der Waals surface area contributed by atoms with E-state index in [4.69, 9.17) is 10.5 Å². The van der Waals surface area contributed by atoms with Crippen LogP contribution in [0.1, 0.15) is 13.8 Å². The molecule has 0 aromatic heterocycles. The van der Waals surface area contributed by atoms with Crippen LogP contribution in [-0.4, -0.2) is 28.2 Å². The number of rotatable bonds is 5. The van der Waals surface area contributed by atoms with Crippen molar-refractivity contribution < 1.29 is 13.7 Å². The van der Waals surface area contributed by atoms with Gasteiger partial charge in [0.05, 0.1) is 12.8 Å². The van der Waals surface area contributed by atoms with Gasteiger partial charge in [0.2, 0.25) is 5.91 Å². The average molecular weight is 270 g/mol. The molecule has 0 fully saturated rings. The zero-order chi connectivity index (χ0) is 13.7. The Hall–Kier alpha value is -1.56. The van der Waals surface area contributed by atoms with Gasteiger partial charge in [-0.05, 0) is 12.1 Å². The van der Waals surface area contributed by atoms with Crippen LogP contribution in [0.15, 0.2) is 18.2 Å². The van der Waals surface area contributed by atoms with E-state index in [1.54, 1.807) is 18.2 Å². The van der Waals surface area contributed by atoms with E-state index in [-0.39, 0.29) is 16.9 Å². The molecule has 3 N–H and O–H groups in total. The maximum Gasteiger partial charge on any atom is 0.237 e. The topological polar surface area (TPSA) is 81.4 Å². The number of carbonyl (C=O) groups excluding carboxylic acids is 1. The van der Waals surface area contributed by atoms with E-state index in [2.05, 4.69) is 5.32 Å². The molecule has 18 heavy (non-hydrogen) atoms. The molecule has 0 radical (unpaired) electrons. The molecule has 0 aliphatic carbocycles. The van der Waals surface area contributed by atoms with Crippen LogP contribution >= 0.6 is 0 Å². The van der Waals surface area contributed by atoms with Gasteiger partial charge in [-0.1, -0.05) is 13.8 Å². The van der Waals surface area contributed by atoms with E-state index in [0.29, 0.717) is 17.1 Å². The molecular formula is C12H18N2O3S. The van der Waals surface area contributed by atoms with Gasteiger partial charge in [0.1, 0.15) is 11.5 Å². The lowest BCUT2D eigenvalue weighted by molar-refractivity contribution is -0.113. The van der Waals surface area contributed by atoms with Crippen LogP contribution in [0, 0.1) is 0 Å². The molecule has 0 bridgehead atoms. The fourth-order valence-corrected chi connectivity index (χ4v) is 1.96. The lowest BCUT2D eigenvalue weighted by Gasteiger charge is -2.11. The number of nitrogen functional groups attached to an aromatic ring is 1. The Labute approximate surface area is 109 Å². The maximum absolute atomic E-state index is 11.7. The fraction of sp³-hybridized carbons (Fsp3) is 0.417. The predicted octanol–water partition coefficient (Wildman–Crippen LogP) is 1.37. The van der Waals surface area contributed by atoms with Gasteiger partial charge >= 0.3 is 0 Å². The second kappa shape index (κ2) is 6.39. The van der Waals surface area contributed by atoms with Gasteiger partial charge in [0, 0.05) is 27.8 Å². The van der Waals surface area contributed by atoms with E-state index < -0.39 is 10.8 Å². The van der Waals surface area contributed by atoms with Gasteiger partial charge in [-0.25, -0.2) is 0 Å². The SMILES string of the molecule is COc1cc(N)ccc1NC(=O)CS(=O)C(C)C. The number of ether oxygens (including phenoxy) is 1. The maximum atomic E-state index is 11.7. The van der Waals surface area contributed by atoms with Crippen LogP contribution in [-0.2, 0) is 15.6 Å². The summed E-state index contributed by atoms with van der Waals surface area (Å²) in [6.07, 6.45) is 0. The quantitative estimate of drug-likeness (QED) is 0.792. The largest absolute Gasteiger partial charge is 0.494 e. The Morgan fingerprint density at radius 3 is 2.72 bits per heavy atom. The summed E-state index contributed by atoms with van der Waals surface area (Å²) in [6.45, 7) is 3.63. The highest BCUT2D eigenvalue weighted by Crippen LogP contribution is 2.26. The molecule has 0 spiro atoms. The van der Waals surface area contributed by atoms with Crippen molar-refractivity contribution >= 4 is 28.1 Å². The number of anilines is 2. The highest BCUT2D eigenvalue weighted by atomic mass is 32.2. The molecule has 100 valence electrons. The van der Waals surface area contributed by atoms with Crippen LogP contribution in [0.2, 0.25) is 0 Å². The highest BCUT2D eigenvalue weighted by Gasteiger charge is 2.13. The van der Waals surface area contributed by atoms with Crippen LogP contribution in [0.5, 0.6) is 5.75 Å². The monoisotopic (exact) mass is 270 g/mol. The average Bonchev–Trinajstić information content (AvgIpc) is 2.31. The summed E-state index contributed by atoms with van der Waals surface area (Å²) in [5.41, 5.74) is 6.69. The minimum absolute atomic E-state index is 0.0226. The summed E-state index contributed by atoms with van der Waals surface area (Å²) in [5, 5.41) is 2.62. The van der Waals surface area contributed by atoms with Crippen molar-refractivity contribution in [1.82, 2.24) is 0 Å². The third-order valence-corrected chi connectivity index (χ3v) is 3.90. The zero-order valence-corrected chi connectivity index (χ0v) is 11.5. The molecular weight excluding hydrogens is 252 g/mol. The molecule has 5 nitrogen and oxygen atoms in total. The van der Waals surface area contributed by atoms with Crippen LogP contribution in [0.4, 0.5) is 11.4 Å². The number of methoxy groups -OCH3 is 1. The van der Waals surface area contributed by atoms with Gasteiger partial charge in [-0.15, -0.1) is 0 Å². The molecule has 1 atom stereocenters. The van der Waals surface area contributed by atoms with E-state index in [1.807, 2.05) is 13.8 Å². The Morgan fingerprint density at radius 1 is 1.50 bits per heavy atom. The summed E-state index contributed by atoms with van der Waals surface area (Å²) in [5.74, 6) is 0.161. The smallest absolute Gasteiger partial charge is 0.237 e. The Balaban J connectivity index is 2.73. The lowest BCUT2D eigenvalue weighted by atomic mass is 10.2. The third-order valence-electron chi connectivity index (χ3n) is 2.30. The van der Waals surface area contributed by atoms with E-state index in [9.17, 15) is 9.00 Å². The first kappa shape index (κ1) is 14.5. The molecule has 0 aliphatic rings. The first-order chi connectivity index (χ1) is 8.43. The Bertz CT molecular complexity index is 461. The third kappa shape index (κ3) is 4.03. The van der Waals surface area contributed by atoms with Crippen LogP contribution in [0.25, 0.3) is 0 Å². The molecule has 1 rings (SSSR count). The van der Waals surface area contributed by atoms with Crippen LogP contribution in [0.3, 0.4) is 0 Å². The molecule has 0 saturated heterocycles. The number of nitrogens with two attached hydrogens (primary N) is 1. The highest BCUT2D eigenvalue weighted by molar-refractivity contribution is 7.86. The first-order valence-corrected chi connectivity index (χ1v) is 6.92. The van der Waals surface area contributed by atoms with Gasteiger partial charge < -0.3 is 15.8 Å². The predicted molar refractivity (Wildman–Crippen MR) is 74.2 cm³/mol. The Kier molecular flexibility index (Phi) is 5.15. The van der Waals surface area contributed by atoms with Crippen molar-refractivity contribution in [2.75, 3.05) is 23.9 Å². The minimum Gasteiger partial charge on any atom is -0.494 e. The summed E-state index contributed by atoms with van der Waals surface area (Å²) in [7, 11) is 0.331. The van der Waals surface area contributed by atoms with Crippen molar-refractivity contribution in [1.29, 1.82) is 0 Å². The van der Waals surface area contributed by atoms with Crippen molar-refractivity contribution in [3.05, 3.63) is 18.2 Å². The normalized spacial score (nSPS) is 12.2. The molecule has 1 amide bonds. The number of hydrogen-bond donors (Lipinski definition) is 2. The number of carbonyl (C=O) groups is 1. The van der Waals surface area contributed by atoms with Gasteiger partial charge in [0.15, 0.2) is 0 Å². The van der Waals surface area contributed by atoms with E-state index in [1.165, 1.54) is 7.11 Å². The zero-order valence-electron chi connectivity index (χ0n) is 10.7. The number of nitrogens with one attached hydrogen (secondary N) is 1. The molecule has 1 unspecified atom stereocenters. The first-order valence-electron chi connectivity index (χ1n) is 5.54. The summed E-state index contributed by atoms with van der Waals surface area (Å²) in [6, 6.07) is 4.94. The summed E-state index contributed by atoms with van der Waals surface area (Å²) in [4.78, 5) is 11.7. The molecule has 0 heterocycles. The number of benzene rings is 1. The molecule has 0 saturated carbocycles. The standard InChI is InChI=1S/C12H18N2O3S/c1-8(2)18(16)7-12(15)14-10-5-4-9(13)6-11(10)17-3/h4-6,8H,7,13H2,1-3H3,(H,14,15). The lowest BCUT2D eigenvalue weighted by Crippen LogP contribution is -2.23. The molecule has 1 aromatic rings. The molecule has 0 aliphatic heterocycles. The number of hydrogen-bond acceptors (Lipinski definition) is 4. The second-order valence-corrected chi connectivity index (χ2v) is 6.07. The van der Waals surface area contributed by atoms with Crippen molar-refractivity contribution in [3.8, 4) is 5.75 Å². The number of amides is 1. The Morgan fingerprint density at radius 2 is 2.17 bits per heavy atom. The van der Waals surface area contributed by atoms with Crippen LogP contribution < -0.4 is 15.8 Å². The summed E-state index contributed by atoms with van der Waals surface area (Å²) < 4.78 is 16.7. The van der Waals surface area contributed by atoms with Crippen molar-refractivity contribution in [3.63, 3.8) is 0 Å². The van der Waals surface area contributed by atoms with E-state index >= 15 is 0 Å².